The van der Waals surface area contributed by atoms with Gasteiger partial charge in [0.05, 0.1) is 11.9 Å². The molecule has 0 amide bonds. The number of aromatic nitrogens is 4. The van der Waals surface area contributed by atoms with Gasteiger partial charge in [-0.25, -0.2) is 4.68 Å². The first-order valence-electron chi connectivity index (χ1n) is 7.95. The summed E-state index contributed by atoms with van der Waals surface area (Å²) >= 11 is 0. The average molecular weight is 331 g/mol. The summed E-state index contributed by atoms with van der Waals surface area (Å²) in [5.41, 5.74) is 5.16. The standard InChI is InChI=1S/C19H17N5O/c1-12-18(11-22-24(2)19(12)25)23-17-8-13-5-7-21-16(13)9-15(17)14-4-3-6-20-10-14/h3-11,21,23H,1-2H3. The highest BCUT2D eigenvalue weighted by atomic mass is 16.1. The summed E-state index contributed by atoms with van der Waals surface area (Å²) in [5, 5.41) is 8.57. The molecule has 0 aliphatic rings. The number of benzene rings is 1. The molecule has 0 saturated heterocycles. The van der Waals surface area contributed by atoms with E-state index in [0.717, 1.165) is 27.7 Å². The van der Waals surface area contributed by atoms with Gasteiger partial charge in [0, 0.05) is 58.9 Å². The van der Waals surface area contributed by atoms with Crippen molar-refractivity contribution in [1.29, 1.82) is 0 Å². The third-order valence-electron chi connectivity index (χ3n) is 4.31. The second-order valence-electron chi connectivity index (χ2n) is 5.94. The average Bonchev–Trinajstić information content (AvgIpc) is 3.09. The molecule has 25 heavy (non-hydrogen) atoms. The summed E-state index contributed by atoms with van der Waals surface area (Å²) in [6, 6.07) is 10.1. The smallest absolute Gasteiger partial charge is 0.271 e. The van der Waals surface area contributed by atoms with Crippen LogP contribution in [0.4, 0.5) is 11.4 Å². The summed E-state index contributed by atoms with van der Waals surface area (Å²) in [6.45, 7) is 1.80. The Hall–Kier alpha value is -3.41. The third kappa shape index (κ3) is 2.67. The van der Waals surface area contributed by atoms with Gasteiger partial charge in [-0.05, 0) is 31.2 Å². The Morgan fingerprint density at radius 3 is 2.84 bits per heavy atom. The highest BCUT2D eigenvalue weighted by Gasteiger charge is 2.11. The van der Waals surface area contributed by atoms with E-state index in [0.29, 0.717) is 11.3 Å². The molecule has 6 nitrogen and oxygen atoms in total. The number of rotatable bonds is 3. The predicted molar refractivity (Wildman–Crippen MR) is 99.0 cm³/mol. The van der Waals surface area contributed by atoms with Crippen LogP contribution < -0.4 is 10.9 Å². The quantitative estimate of drug-likeness (QED) is 0.603. The van der Waals surface area contributed by atoms with Gasteiger partial charge in [-0.1, -0.05) is 6.07 Å². The van der Waals surface area contributed by atoms with Gasteiger partial charge in [0.15, 0.2) is 0 Å². The lowest BCUT2D eigenvalue weighted by Gasteiger charge is -2.14. The topological polar surface area (TPSA) is 75.6 Å². The molecule has 3 aromatic heterocycles. The lowest BCUT2D eigenvalue weighted by Crippen LogP contribution is -2.22. The Morgan fingerprint density at radius 2 is 2.04 bits per heavy atom. The first-order chi connectivity index (χ1) is 12.1. The van der Waals surface area contributed by atoms with Crippen molar-refractivity contribution in [2.45, 2.75) is 6.92 Å². The number of hydrogen-bond donors (Lipinski definition) is 2. The molecule has 2 N–H and O–H groups in total. The van der Waals surface area contributed by atoms with Gasteiger partial charge in [0.1, 0.15) is 0 Å². The van der Waals surface area contributed by atoms with Crippen molar-refractivity contribution < 1.29 is 0 Å². The molecule has 0 aliphatic heterocycles. The zero-order valence-corrected chi connectivity index (χ0v) is 13.9. The maximum Gasteiger partial charge on any atom is 0.271 e. The van der Waals surface area contributed by atoms with Crippen LogP contribution in [-0.2, 0) is 7.05 Å². The van der Waals surface area contributed by atoms with E-state index in [-0.39, 0.29) is 5.56 Å². The molecular formula is C19H17N5O. The van der Waals surface area contributed by atoms with E-state index in [1.165, 1.54) is 4.68 Å². The molecule has 0 saturated carbocycles. The second-order valence-corrected chi connectivity index (χ2v) is 5.94. The molecule has 0 aliphatic carbocycles. The molecule has 0 radical (unpaired) electrons. The summed E-state index contributed by atoms with van der Waals surface area (Å²) in [5.74, 6) is 0. The Balaban J connectivity index is 1.89. The first kappa shape index (κ1) is 15.1. The number of H-pyrrole nitrogens is 1. The zero-order chi connectivity index (χ0) is 17.4. The Kier molecular flexibility index (Phi) is 3.57. The number of nitrogens with zero attached hydrogens (tertiary/aromatic N) is 3. The highest BCUT2D eigenvalue weighted by molar-refractivity contribution is 5.93. The molecule has 0 atom stereocenters. The van der Waals surface area contributed by atoms with Gasteiger partial charge >= 0.3 is 0 Å². The van der Waals surface area contributed by atoms with Crippen molar-refractivity contribution in [3.63, 3.8) is 0 Å². The van der Waals surface area contributed by atoms with E-state index in [9.17, 15) is 4.79 Å². The first-order valence-corrected chi connectivity index (χ1v) is 7.95. The number of fused-ring (bicyclic) bond motifs is 1. The van der Waals surface area contributed by atoms with Gasteiger partial charge < -0.3 is 10.3 Å². The van der Waals surface area contributed by atoms with E-state index in [4.69, 9.17) is 0 Å². The van der Waals surface area contributed by atoms with E-state index in [1.807, 2.05) is 30.6 Å². The molecule has 4 aromatic rings. The largest absolute Gasteiger partial charge is 0.361 e. The van der Waals surface area contributed by atoms with Crippen LogP contribution in [0.3, 0.4) is 0 Å². The maximum absolute atomic E-state index is 12.2. The van der Waals surface area contributed by atoms with Crippen LogP contribution >= 0.6 is 0 Å². The summed E-state index contributed by atoms with van der Waals surface area (Å²) in [6.07, 6.45) is 7.15. The lowest BCUT2D eigenvalue weighted by atomic mass is 10.0. The zero-order valence-electron chi connectivity index (χ0n) is 13.9. The van der Waals surface area contributed by atoms with Crippen molar-refractivity contribution in [1.82, 2.24) is 19.7 Å². The second kappa shape index (κ2) is 5.90. The maximum atomic E-state index is 12.2. The predicted octanol–water partition coefficient (Wildman–Crippen LogP) is 3.38. The fraction of sp³-hybridized carbons (Fsp3) is 0.105. The third-order valence-corrected chi connectivity index (χ3v) is 4.31. The normalized spacial score (nSPS) is 11.0. The van der Waals surface area contributed by atoms with Crippen molar-refractivity contribution in [2.75, 3.05) is 5.32 Å². The van der Waals surface area contributed by atoms with Crippen molar-refractivity contribution in [2.24, 2.45) is 7.05 Å². The number of nitrogens with one attached hydrogen (secondary N) is 2. The van der Waals surface area contributed by atoms with E-state index in [2.05, 4.69) is 32.5 Å². The molecular weight excluding hydrogens is 314 g/mol. The number of aryl methyl sites for hydroxylation is 1. The van der Waals surface area contributed by atoms with E-state index < -0.39 is 0 Å². The fourth-order valence-electron chi connectivity index (χ4n) is 2.89. The molecule has 0 fully saturated rings. The molecule has 124 valence electrons. The van der Waals surface area contributed by atoms with Gasteiger partial charge in [0.2, 0.25) is 0 Å². The Bertz CT molecular complexity index is 1110. The van der Waals surface area contributed by atoms with Crippen molar-refractivity contribution in [3.8, 4) is 11.1 Å². The van der Waals surface area contributed by atoms with Gasteiger partial charge in [-0.15, -0.1) is 0 Å². The highest BCUT2D eigenvalue weighted by Crippen LogP contribution is 2.33. The SMILES string of the molecule is Cc1c(Nc2cc3cc[nH]c3cc2-c2cccnc2)cnn(C)c1=O. The van der Waals surface area contributed by atoms with Crippen LogP contribution in [-0.4, -0.2) is 19.7 Å². The van der Waals surface area contributed by atoms with Crippen LogP contribution in [0.2, 0.25) is 0 Å². The van der Waals surface area contributed by atoms with Crippen LogP contribution in [0, 0.1) is 6.92 Å². The van der Waals surface area contributed by atoms with Crippen LogP contribution in [0.5, 0.6) is 0 Å². The number of hydrogen-bond acceptors (Lipinski definition) is 4. The van der Waals surface area contributed by atoms with Crippen molar-refractivity contribution in [3.05, 3.63) is 71.0 Å². The van der Waals surface area contributed by atoms with Gasteiger partial charge in [-0.3, -0.25) is 9.78 Å². The number of aromatic amines is 1. The molecule has 4 rings (SSSR count). The molecule has 0 bridgehead atoms. The van der Waals surface area contributed by atoms with E-state index >= 15 is 0 Å². The molecule has 3 heterocycles. The number of pyridine rings is 1. The molecule has 6 heteroatoms. The monoisotopic (exact) mass is 331 g/mol. The lowest BCUT2D eigenvalue weighted by molar-refractivity contribution is 0.702. The van der Waals surface area contributed by atoms with Crippen LogP contribution in [0.1, 0.15) is 5.56 Å². The Labute approximate surface area is 144 Å². The molecule has 1 aromatic carbocycles. The summed E-state index contributed by atoms with van der Waals surface area (Å²) in [4.78, 5) is 19.6. The Morgan fingerprint density at radius 1 is 1.16 bits per heavy atom. The van der Waals surface area contributed by atoms with Gasteiger partial charge in [0.25, 0.3) is 5.56 Å². The summed E-state index contributed by atoms with van der Waals surface area (Å²) < 4.78 is 1.33. The van der Waals surface area contributed by atoms with Crippen molar-refractivity contribution >= 4 is 22.3 Å². The van der Waals surface area contributed by atoms with Crippen LogP contribution in [0.25, 0.3) is 22.0 Å². The number of anilines is 2. The molecule has 0 unspecified atom stereocenters. The minimum absolute atomic E-state index is 0.115. The van der Waals surface area contributed by atoms with E-state index in [1.54, 1.807) is 26.4 Å². The minimum Gasteiger partial charge on any atom is -0.361 e. The fourth-order valence-corrected chi connectivity index (χ4v) is 2.89. The molecule has 0 spiro atoms. The minimum atomic E-state index is -0.115. The van der Waals surface area contributed by atoms with Crippen LogP contribution in [0.15, 0.2) is 59.9 Å². The summed E-state index contributed by atoms with van der Waals surface area (Å²) in [7, 11) is 1.64. The van der Waals surface area contributed by atoms with Gasteiger partial charge in [-0.2, -0.15) is 5.10 Å².